The van der Waals surface area contributed by atoms with Crippen LogP contribution in [-0.2, 0) is 11.2 Å². The van der Waals surface area contributed by atoms with E-state index in [4.69, 9.17) is 15.1 Å². The van der Waals surface area contributed by atoms with Gasteiger partial charge in [0.25, 0.3) is 0 Å². The Bertz CT molecular complexity index is 727. The Morgan fingerprint density at radius 2 is 1.70 bits per heavy atom. The van der Waals surface area contributed by atoms with Crippen LogP contribution in [0.25, 0.3) is 0 Å². The molecule has 0 atom stereocenters. The fraction of sp³-hybridized carbons (Fsp3) is 0.167. The molecule has 0 amide bonds. The summed E-state index contributed by atoms with van der Waals surface area (Å²) in [6.45, 7) is -0.0969. The van der Waals surface area contributed by atoms with E-state index in [0.717, 1.165) is 5.56 Å². The number of nitriles is 1. The summed E-state index contributed by atoms with van der Waals surface area (Å²) in [5, 5.41) is 17.4. The van der Waals surface area contributed by atoms with Crippen LogP contribution in [0, 0.1) is 11.3 Å². The zero-order valence-corrected chi connectivity index (χ0v) is 12.4. The van der Waals surface area contributed by atoms with Gasteiger partial charge in [0.15, 0.2) is 12.4 Å². The first-order valence-electron chi connectivity index (χ1n) is 7.05. The number of carbonyl (C=O) groups is 2. The van der Waals surface area contributed by atoms with Crippen molar-refractivity contribution in [1.82, 2.24) is 0 Å². The van der Waals surface area contributed by atoms with Crippen molar-refractivity contribution in [2.75, 3.05) is 6.61 Å². The van der Waals surface area contributed by atoms with Gasteiger partial charge in [0.05, 0.1) is 11.6 Å². The molecule has 0 aliphatic carbocycles. The molecular formula is C18H15NO4. The maximum atomic E-state index is 12.0. The molecule has 2 aromatic rings. The van der Waals surface area contributed by atoms with E-state index in [0.29, 0.717) is 23.3 Å². The highest BCUT2D eigenvalue weighted by molar-refractivity contribution is 5.97. The van der Waals surface area contributed by atoms with Crippen molar-refractivity contribution >= 4 is 11.8 Å². The lowest BCUT2D eigenvalue weighted by atomic mass is 10.1. The van der Waals surface area contributed by atoms with Crippen LogP contribution in [0.15, 0.2) is 48.5 Å². The zero-order chi connectivity index (χ0) is 16.7. The summed E-state index contributed by atoms with van der Waals surface area (Å²) in [6, 6.07) is 15.4. The molecule has 0 unspecified atom stereocenters. The third-order valence-electron chi connectivity index (χ3n) is 3.26. The van der Waals surface area contributed by atoms with Gasteiger partial charge in [-0.1, -0.05) is 12.1 Å². The van der Waals surface area contributed by atoms with E-state index in [1.807, 2.05) is 6.07 Å². The monoisotopic (exact) mass is 309 g/mol. The van der Waals surface area contributed by atoms with E-state index in [1.165, 1.54) is 0 Å². The summed E-state index contributed by atoms with van der Waals surface area (Å²) in [4.78, 5) is 22.5. The maximum Gasteiger partial charge on any atom is 0.303 e. The van der Waals surface area contributed by atoms with Gasteiger partial charge in [-0.15, -0.1) is 0 Å². The molecule has 0 radical (unpaired) electrons. The van der Waals surface area contributed by atoms with Crippen LogP contribution in [0.2, 0.25) is 0 Å². The summed E-state index contributed by atoms with van der Waals surface area (Å²) >= 11 is 0. The highest BCUT2D eigenvalue weighted by Crippen LogP contribution is 2.14. The molecule has 0 fully saturated rings. The van der Waals surface area contributed by atoms with Gasteiger partial charge in [0.1, 0.15) is 5.75 Å². The third-order valence-corrected chi connectivity index (χ3v) is 3.26. The standard InChI is InChI=1S/C18H15NO4/c19-11-14-1-6-15(7-2-14)17(20)12-23-16-8-3-13(4-9-16)5-10-18(21)22/h1-4,6-9H,5,10,12H2,(H,21,22). The number of Topliss-reactive ketones (excluding diaryl/α,β-unsaturated/α-hetero) is 1. The van der Waals surface area contributed by atoms with Crippen LogP contribution in [0.1, 0.15) is 27.9 Å². The quantitative estimate of drug-likeness (QED) is 0.795. The van der Waals surface area contributed by atoms with E-state index >= 15 is 0 Å². The molecule has 0 saturated carbocycles. The highest BCUT2D eigenvalue weighted by atomic mass is 16.5. The van der Waals surface area contributed by atoms with Crippen LogP contribution in [0.3, 0.4) is 0 Å². The Balaban J connectivity index is 1.88. The molecule has 0 saturated heterocycles. The second-order valence-corrected chi connectivity index (χ2v) is 4.94. The molecule has 0 aliphatic heterocycles. The van der Waals surface area contributed by atoms with Gasteiger partial charge >= 0.3 is 5.97 Å². The minimum atomic E-state index is -0.835. The number of nitrogens with zero attached hydrogens (tertiary/aromatic N) is 1. The molecule has 5 heteroatoms. The van der Waals surface area contributed by atoms with Crippen molar-refractivity contribution in [3.05, 3.63) is 65.2 Å². The van der Waals surface area contributed by atoms with Crippen molar-refractivity contribution in [2.45, 2.75) is 12.8 Å². The summed E-state index contributed by atoms with van der Waals surface area (Å²) in [5.74, 6) is -0.464. The molecule has 1 N–H and O–H groups in total. The van der Waals surface area contributed by atoms with Crippen LogP contribution >= 0.6 is 0 Å². The van der Waals surface area contributed by atoms with E-state index in [2.05, 4.69) is 0 Å². The minimum Gasteiger partial charge on any atom is -0.485 e. The SMILES string of the molecule is N#Cc1ccc(C(=O)COc2ccc(CCC(=O)O)cc2)cc1. The van der Waals surface area contributed by atoms with Gasteiger partial charge in [-0.25, -0.2) is 0 Å². The fourth-order valence-electron chi connectivity index (χ4n) is 1.97. The average Bonchev–Trinajstić information content (AvgIpc) is 2.58. The summed E-state index contributed by atoms with van der Waals surface area (Å²) < 4.78 is 5.43. The van der Waals surface area contributed by atoms with Crippen molar-refractivity contribution in [3.63, 3.8) is 0 Å². The fourth-order valence-corrected chi connectivity index (χ4v) is 1.97. The first-order valence-corrected chi connectivity index (χ1v) is 7.05. The Morgan fingerprint density at radius 1 is 1.04 bits per heavy atom. The number of aliphatic carboxylic acids is 1. The average molecular weight is 309 g/mol. The maximum absolute atomic E-state index is 12.0. The summed E-state index contributed by atoms with van der Waals surface area (Å²) in [6.07, 6.45) is 0.539. The van der Waals surface area contributed by atoms with Crippen molar-refractivity contribution in [3.8, 4) is 11.8 Å². The number of hydrogen-bond acceptors (Lipinski definition) is 4. The number of rotatable bonds is 7. The molecule has 0 bridgehead atoms. The first-order chi connectivity index (χ1) is 11.1. The topological polar surface area (TPSA) is 87.4 Å². The molecule has 2 rings (SSSR count). The molecule has 2 aromatic carbocycles. The number of carboxylic acid groups (broad SMARTS) is 1. The van der Waals surface area contributed by atoms with Crippen molar-refractivity contribution < 1.29 is 19.4 Å². The Kier molecular flexibility index (Phi) is 5.48. The van der Waals surface area contributed by atoms with Crippen molar-refractivity contribution in [2.24, 2.45) is 0 Å². The number of carbonyl (C=O) groups excluding carboxylic acids is 1. The third kappa shape index (κ3) is 4.97. The molecule has 0 aliphatic rings. The lowest BCUT2D eigenvalue weighted by Gasteiger charge is -2.06. The van der Waals surface area contributed by atoms with Gasteiger partial charge in [0.2, 0.25) is 0 Å². The second kappa shape index (κ2) is 7.76. The lowest BCUT2D eigenvalue weighted by Crippen LogP contribution is -2.11. The largest absolute Gasteiger partial charge is 0.485 e. The van der Waals surface area contributed by atoms with E-state index in [-0.39, 0.29) is 18.8 Å². The number of aryl methyl sites for hydroxylation is 1. The molecule has 0 spiro atoms. The smallest absolute Gasteiger partial charge is 0.303 e. The normalized spacial score (nSPS) is 9.87. The molecule has 23 heavy (non-hydrogen) atoms. The lowest BCUT2D eigenvalue weighted by molar-refractivity contribution is -0.136. The number of ketones is 1. The van der Waals surface area contributed by atoms with Gasteiger partial charge in [-0.05, 0) is 48.4 Å². The Labute approximate surface area is 133 Å². The zero-order valence-electron chi connectivity index (χ0n) is 12.4. The number of carboxylic acids is 1. The first kappa shape index (κ1) is 16.2. The predicted octanol–water partition coefficient (Wildman–Crippen LogP) is 2.84. The Hall–Kier alpha value is -3.13. The predicted molar refractivity (Wildman–Crippen MR) is 83.4 cm³/mol. The van der Waals surface area contributed by atoms with Gasteiger partial charge in [-0.2, -0.15) is 5.26 Å². The van der Waals surface area contributed by atoms with E-state index in [9.17, 15) is 9.59 Å². The van der Waals surface area contributed by atoms with Gasteiger partial charge in [0, 0.05) is 12.0 Å². The molecule has 0 aromatic heterocycles. The number of hydrogen-bond donors (Lipinski definition) is 1. The van der Waals surface area contributed by atoms with Crippen LogP contribution in [-0.4, -0.2) is 23.5 Å². The van der Waals surface area contributed by atoms with Gasteiger partial charge in [-0.3, -0.25) is 9.59 Å². The second-order valence-electron chi connectivity index (χ2n) is 4.94. The summed E-state index contributed by atoms with van der Waals surface area (Å²) in [5.41, 5.74) is 1.89. The molecule has 0 heterocycles. The van der Waals surface area contributed by atoms with Crippen LogP contribution in [0.4, 0.5) is 0 Å². The summed E-state index contributed by atoms with van der Waals surface area (Å²) in [7, 11) is 0. The molecule has 5 nitrogen and oxygen atoms in total. The van der Waals surface area contributed by atoms with Crippen LogP contribution in [0.5, 0.6) is 5.75 Å². The van der Waals surface area contributed by atoms with E-state index in [1.54, 1.807) is 48.5 Å². The highest BCUT2D eigenvalue weighted by Gasteiger charge is 2.07. The van der Waals surface area contributed by atoms with Crippen LogP contribution < -0.4 is 4.74 Å². The number of ether oxygens (including phenoxy) is 1. The minimum absolute atomic E-state index is 0.0807. The van der Waals surface area contributed by atoms with E-state index < -0.39 is 5.97 Å². The number of benzene rings is 2. The van der Waals surface area contributed by atoms with Crippen molar-refractivity contribution in [1.29, 1.82) is 5.26 Å². The molecular weight excluding hydrogens is 294 g/mol. The Morgan fingerprint density at radius 3 is 2.26 bits per heavy atom. The van der Waals surface area contributed by atoms with Gasteiger partial charge < -0.3 is 9.84 Å². The molecule has 116 valence electrons.